The molecule has 0 radical (unpaired) electrons. The molecule has 3 rings (SSSR count). The van der Waals surface area contributed by atoms with Gasteiger partial charge in [-0.25, -0.2) is 0 Å². The van der Waals surface area contributed by atoms with Gasteiger partial charge in [-0.1, -0.05) is 43.7 Å². The van der Waals surface area contributed by atoms with Gasteiger partial charge in [-0.3, -0.25) is 19.1 Å². The number of hydrogen-bond acceptors (Lipinski definition) is 7. The first-order valence-corrected chi connectivity index (χ1v) is 12.4. The lowest BCUT2D eigenvalue weighted by atomic mass is 10.0. The topological polar surface area (TPSA) is 72.6 Å². The van der Waals surface area contributed by atoms with Crippen LogP contribution in [0.5, 0.6) is 0 Å². The molecule has 2 saturated heterocycles. The van der Waals surface area contributed by atoms with Gasteiger partial charge in [0, 0.05) is 44.8 Å². The van der Waals surface area contributed by atoms with Crippen molar-refractivity contribution in [3.8, 4) is 6.07 Å². The van der Waals surface area contributed by atoms with E-state index in [0.717, 1.165) is 56.8 Å². The maximum atomic E-state index is 13.1. The molecule has 0 atom stereocenters. The van der Waals surface area contributed by atoms with Crippen LogP contribution in [-0.2, 0) is 11.3 Å². The number of carbonyl (C=O) groups excluding carboxylic acids is 1. The number of unbranched alkanes of at least 4 members (excludes halogenated alkanes) is 2. The molecule has 0 N–H and O–H groups in total. The molecule has 0 bridgehead atoms. The van der Waals surface area contributed by atoms with Crippen LogP contribution in [0.2, 0.25) is 0 Å². The van der Waals surface area contributed by atoms with Crippen LogP contribution in [0.3, 0.4) is 0 Å². The predicted molar refractivity (Wildman–Crippen MR) is 135 cm³/mol. The van der Waals surface area contributed by atoms with Crippen molar-refractivity contribution in [2.75, 3.05) is 44.7 Å². The van der Waals surface area contributed by atoms with Crippen LogP contribution in [-0.4, -0.2) is 64.4 Å². The maximum Gasteiger partial charge on any atom is 0.270 e. The summed E-state index contributed by atoms with van der Waals surface area (Å²) in [7, 11) is 2.08. The zero-order valence-electron chi connectivity index (χ0n) is 19.3. The zero-order chi connectivity index (χ0) is 23.4. The van der Waals surface area contributed by atoms with Crippen LogP contribution >= 0.6 is 24.0 Å². The third-order valence-corrected chi connectivity index (χ3v) is 7.48. The number of nitrogens with zero attached hydrogens (tertiary/aromatic N) is 5. The van der Waals surface area contributed by atoms with Gasteiger partial charge < -0.3 is 9.80 Å². The van der Waals surface area contributed by atoms with Crippen molar-refractivity contribution in [2.24, 2.45) is 0 Å². The number of carbonyl (C=O) groups is 1. The number of pyridine rings is 1. The van der Waals surface area contributed by atoms with Crippen LogP contribution in [0.4, 0.5) is 5.82 Å². The minimum Gasteiger partial charge on any atom is -0.355 e. The average molecular weight is 474 g/mol. The Bertz CT molecular complexity index is 1030. The molecular weight excluding hydrogens is 442 g/mol. The van der Waals surface area contributed by atoms with Crippen molar-refractivity contribution in [3.05, 3.63) is 31.9 Å². The smallest absolute Gasteiger partial charge is 0.270 e. The first-order chi connectivity index (χ1) is 15.3. The molecule has 9 heteroatoms. The number of thiocarbonyl (C=S) groups is 1. The van der Waals surface area contributed by atoms with E-state index in [9.17, 15) is 14.9 Å². The highest BCUT2D eigenvalue weighted by atomic mass is 32.2. The van der Waals surface area contributed by atoms with Gasteiger partial charge in [0.05, 0.1) is 4.91 Å². The first-order valence-electron chi connectivity index (χ1n) is 11.2. The highest BCUT2D eigenvalue weighted by molar-refractivity contribution is 8.26. The molecule has 0 saturated carbocycles. The van der Waals surface area contributed by atoms with Crippen LogP contribution in [0, 0.1) is 18.3 Å². The molecule has 1 aromatic heterocycles. The number of likely N-dealkylation sites (N-methyl/N-ethyl adjacent to an activating group) is 1. The van der Waals surface area contributed by atoms with E-state index in [4.69, 9.17) is 12.2 Å². The summed E-state index contributed by atoms with van der Waals surface area (Å²) in [6, 6.07) is 2.09. The van der Waals surface area contributed by atoms with Gasteiger partial charge in [0.15, 0.2) is 0 Å². The molecule has 172 valence electrons. The summed E-state index contributed by atoms with van der Waals surface area (Å²) < 4.78 is 2.24. The second-order valence-electron chi connectivity index (χ2n) is 8.23. The number of rotatable bonds is 7. The van der Waals surface area contributed by atoms with E-state index in [-0.39, 0.29) is 17.0 Å². The van der Waals surface area contributed by atoms with Gasteiger partial charge in [-0.15, -0.1) is 0 Å². The van der Waals surface area contributed by atoms with Crippen molar-refractivity contribution in [2.45, 2.75) is 46.6 Å². The molecule has 0 aromatic carbocycles. The fourth-order valence-corrected chi connectivity index (χ4v) is 5.43. The van der Waals surface area contributed by atoms with Gasteiger partial charge in [-0.2, -0.15) is 5.26 Å². The highest BCUT2D eigenvalue weighted by Gasteiger charge is 2.33. The molecule has 2 aliphatic rings. The quantitative estimate of drug-likeness (QED) is 0.342. The second-order valence-corrected chi connectivity index (χ2v) is 9.91. The van der Waals surface area contributed by atoms with Gasteiger partial charge in [0.25, 0.3) is 11.5 Å². The molecule has 1 amide bonds. The Kier molecular flexibility index (Phi) is 8.15. The van der Waals surface area contributed by atoms with Gasteiger partial charge >= 0.3 is 0 Å². The van der Waals surface area contributed by atoms with Crippen molar-refractivity contribution in [1.29, 1.82) is 5.26 Å². The molecule has 3 heterocycles. The summed E-state index contributed by atoms with van der Waals surface area (Å²) in [6.07, 6.45) is 4.89. The van der Waals surface area contributed by atoms with Gasteiger partial charge in [0.1, 0.15) is 21.8 Å². The molecular formula is C23H31N5O2S2. The van der Waals surface area contributed by atoms with Crippen LogP contribution < -0.4 is 10.5 Å². The predicted octanol–water partition coefficient (Wildman–Crippen LogP) is 3.19. The Balaban J connectivity index is 2.11. The number of amides is 1. The lowest BCUT2D eigenvalue weighted by Gasteiger charge is -2.36. The summed E-state index contributed by atoms with van der Waals surface area (Å²) in [6.45, 7) is 10.2. The fourth-order valence-electron chi connectivity index (χ4n) is 4.14. The number of aromatic nitrogens is 1. The molecule has 7 nitrogen and oxygen atoms in total. The molecule has 0 unspecified atom stereocenters. The Morgan fingerprint density at radius 2 is 1.84 bits per heavy atom. The summed E-state index contributed by atoms with van der Waals surface area (Å²) in [5, 5.41) is 9.69. The third kappa shape index (κ3) is 4.77. The minimum atomic E-state index is -0.273. The second kappa shape index (κ2) is 10.6. The third-order valence-electron chi connectivity index (χ3n) is 6.10. The maximum absolute atomic E-state index is 13.1. The van der Waals surface area contributed by atoms with Crippen LogP contribution in [0.15, 0.2) is 9.70 Å². The van der Waals surface area contributed by atoms with Crippen LogP contribution in [0.25, 0.3) is 6.08 Å². The Hall–Kier alpha value is -2.15. The number of hydrogen-bond donors (Lipinski definition) is 0. The van der Waals surface area contributed by atoms with Gasteiger partial charge in [-0.05, 0) is 39.0 Å². The molecule has 1 aromatic rings. The monoisotopic (exact) mass is 473 g/mol. The van der Waals surface area contributed by atoms with E-state index in [1.54, 1.807) is 16.4 Å². The first kappa shape index (κ1) is 24.5. The van der Waals surface area contributed by atoms with Crippen molar-refractivity contribution in [1.82, 2.24) is 14.4 Å². The lowest BCUT2D eigenvalue weighted by molar-refractivity contribution is -0.122. The van der Waals surface area contributed by atoms with Crippen molar-refractivity contribution in [3.63, 3.8) is 0 Å². The Morgan fingerprint density at radius 1 is 1.16 bits per heavy atom. The van der Waals surface area contributed by atoms with E-state index in [1.165, 1.54) is 11.8 Å². The van der Waals surface area contributed by atoms with Crippen molar-refractivity contribution < 1.29 is 4.79 Å². The minimum absolute atomic E-state index is 0.0902. The largest absolute Gasteiger partial charge is 0.355 e. The van der Waals surface area contributed by atoms with Crippen LogP contribution in [0.1, 0.15) is 49.8 Å². The van der Waals surface area contributed by atoms with E-state index in [2.05, 4.69) is 29.8 Å². The summed E-state index contributed by atoms with van der Waals surface area (Å²) in [4.78, 5) is 32.9. The highest BCUT2D eigenvalue weighted by Crippen LogP contribution is 2.36. The number of thioether (sulfide) groups is 1. The average Bonchev–Trinajstić information content (AvgIpc) is 3.04. The number of nitriles is 1. The molecule has 2 aliphatic heterocycles. The number of piperazine rings is 1. The normalized spacial score (nSPS) is 18.7. The zero-order valence-corrected chi connectivity index (χ0v) is 20.9. The SMILES string of the molecule is CCCCCN1C(=O)/C(=C/c2c(C)c(C#N)c(=O)n(CC)c2N2CCN(C)CC2)SC1=S. The molecule has 0 aliphatic carbocycles. The Labute approximate surface area is 199 Å². The summed E-state index contributed by atoms with van der Waals surface area (Å²) in [5.74, 6) is 0.700. The summed E-state index contributed by atoms with van der Waals surface area (Å²) in [5.41, 5.74) is 1.24. The van der Waals surface area contributed by atoms with Crippen molar-refractivity contribution >= 4 is 46.1 Å². The number of anilines is 1. The van der Waals surface area contributed by atoms with E-state index >= 15 is 0 Å². The summed E-state index contributed by atoms with van der Waals surface area (Å²) >= 11 is 6.79. The molecule has 2 fully saturated rings. The van der Waals surface area contributed by atoms with E-state index < -0.39 is 0 Å². The van der Waals surface area contributed by atoms with E-state index in [1.807, 2.05) is 13.0 Å². The fraction of sp³-hybridized carbons (Fsp3) is 0.565. The standard InChI is InChI=1S/C23H31N5O2S2/c1-5-7-8-9-28-22(30)19(32-23(28)31)14-17-16(3)18(15-24)21(29)27(6-2)20(17)26-12-10-25(4)11-13-26/h14H,5-13H2,1-4H3/b19-14-. The molecule has 0 spiro atoms. The van der Waals surface area contributed by atoms with Gasteiger partial charge in [0.2, 0.25) is 0 Å². The Morgan fingerprint density at radius 3 is 2.44 bits per heavy atom. The van der Waals surface area contributed by atoms with E-state index in [0.29, 0.717) is 27.9 Å². The molecule has 32 heavy (non-hydrogen) atoms. The lowest BCUT2D eigenvalue weighted by Crippen LogP contribution is -2.47.